The van der Waals surface area contributed by atoms with Crippen molar-refractivity contribution in [1.82, 2.24) is 9.97 Å². The van der Waals surface area contributed by atoms with E-state index in [0.717, 1.165) is 0 Å². The fraction of sp³-hybridized carbons (Fsp3) is 0.556. The van der Waals surface area contributed by atoms with Crippen molar-refractivity contribution in [3.63, 3.8) is 0 Å². The molecule has 0 atom stereocenters. The van der Waals surface area contributed by atoms with E-state index in [2.05, 4.69) is 9.97 Å². The first-order valence-corrected chi connectivity index (χ1v) is 4.35. The minimum Gasteiger partial charge on any atom is -0.479 e. The fourth-order valence-electron chi connectivity index (χ4n) is 1.01. The molecule has 0 amide bonds. The van der Waals surface area contributed by atoms with Crippen LogP contribution >= 0.6 is 0 Å². The highest BCUT2D eigenvalue weighted by Gasteiger charge is 2.14. The normalized spacial score (nSPS) is 10.4. The lowest BCUT2D eigenvalue weighted by atomic mass is 10.2. The molecule has 0 unspecified atom stereocenters. The minimum absolute atomic E-state index is 0.207. The van der Waals surface area contributed by atoms with Crippen LogP contribution < -0.4 is 15.2 Å². The summed E-state index contributed by atoms with van der Waals surface area (Å²) in [5.74, 6) is 1.59. The van der Waals surface area contributed by atoms with Crippen molar-refractivity contribution in [1.29, 1.82) is 0 Å². The molecule has 1 aromatic rings. The van der Waals surface area contributed by atoms with Gasteiger partial charge in [0.1, 0.15) is 5.82 Å². The van der Waals surface area contributed by atoms with E-state index < -0.39 is 0 Å². The van der Waals surface area contributed by atoms with Crippen molar-refractivity contribution in [3.05, 3.63) is 5.82 Å². The van der Waals surface area contributed by atoms with Crippen molar-refractivity contribution in [3.8, 4) is 11.8 Å². The number of anilines is 1. The Morgan fingerprint density at radius 2 is 1.50 bits per heavy atom. The number of hydrogen-bond donors (Lipinski definition) is 1. The molecule has 0 aliphatic heterocycles. The Morgan fingerprint density at radius 1 is 1.07 bits per heavy atom. The maximum Gasteiger partial charge on any atom is 0.244 e. The molecule has 0 bridgehead atoms. The topological polar surface area (TPSA) is 70.3 Å². The standard InChI is InChI=1S/C9H15N3O2/c1-5(2)7-11-8(13-3)6(10)9(12-7)14-4/h5H,10H2,1-4H3. The molecule has 0 spiro atoms. The SMILES string of the molecule is COc1nc(C(C)C)nc(OC)c1N. The largest absolute Gasteiger partial charge is 0.479 e. The summed E-state index contributed by atoms with van der Waals surface area (Å²) in [6.07, 6.45) is 0. The fourth-order valence-corrected chi connectivity index (χ4v) is 1.01. The highest BCUT2D eigenvalue weighted by atomic mass is 16.5. The number of nitrogen functional groups attached to an aromatic ring is 1. The first-order chi connectivity index (χ1) is 6.60. The van der Waals surface area contributed by atoms with E-state index >= 15 is 0 Å². The first kappa shape index (κ1) is 10.6. The van der Waals surface area contributed by atoms with Gasteiger partial charge in [0.15, 0.2) is 5.69 Å². The number of ether oxygens (including phenoxy) is 2. The van der Waals surface area contributed by atoms with Gasteiger partial charge >= 0.3 is 0 Å². The van der Waals surface area contributed by atoms with E-state index in [4.69, 9.17) is 15.2 Å². The summed E-state index contributed by atoms with van der Waals surface area (Å²) >= 11 is 0. The first-order valence-electron chi connectivity index (χ1n) is 4.35. The van der Waals surface area contributed by atoms with Gasteiger partial charge in [-0.1, -0.05) is 13.8 Å². The molecule has 1 heterocycles. The van der Waals surface area contributed by atoms with Gasteiger partial charge in [0.05, 0.1) is 14.2 Å². The Kier molecular flexibility index (Phi) is 3.11. The molecule has 0 aliphatic carbocycles. The maximum atomic E-state index is 5.70. The van der Waals surface area contributed by atoms with Crippen LogP contribution in [0.4, 0.5) is 5.69 Å². The van der Waals surface area contributed by atoms with Crippen molar-refractivity contribution in [2.45, 2.75) is 19.8 Å². The Balaban J connectivity index is 3.25. The Morgan fingerprint density at radius 3 is 1.79 bits per heavy atom. The average molecular weight is 197 g/mol. The quantitative estimate of drug-likeness (QED) is 0.788. The molecule has 0 fully saturated rings. The summed E-state index contributed by atoms with van der Waals surface area (Å²) in [5, 5.41) is 0. The predicted molar refractivity (Wildman–Crippen MR) is 53.6 cm³/mol. The van der Waals surface area contributed by atoms with Crippen molar-refractivity contribution < 1.29 is 9.47 Å². The van der Waals surface area contributed by atoms with E-state index in [1.54, 1.807) is 0 Å². The van der Waals surface area contributed by atoms with Crippen molar-refractivity contribution in [2.24, 2.45) is 0 Å². The summed E-state index contributed by atoms with van der Waals surface area (Å²) in [7, 11) is 3.03. The van der Waals surface area contributed by atoms with Gasteiger partial charge in [-0.3, -0.25) is 0 Å². The van der Waals surface area contributed by atoms with Crippen LogP contribution in [0.25, 0.3) is 0 Å². The lowest BCUT2D eigenvalue weighted by Crippen LogP contribution is -2.06. The molecule has 1 aromatic heterocycles. The Labute approximate surface area is 83.3 Å². The van der Waals surface area contributed by atoms with E-state index in [9.17, 15) is 0 Å². The van der Waals surface area contributed by atoms with Crippen LogP contribution in [0.5, 0.6) is 11.8 Å². The van der Waals surface area contributed by atoms with E-state index in [0.29, 0.717) is 23.3 Å². The van der Waals surface area contributed by atoms with Crippen molar-refractivity contribution >= 4 is 5.69 Å². The zero-order valence-electron chi connectivity index (χ0n) is 8.87. The summed E-state index contributed by atoms with van der Waals surface area (Å²) in [5.41, 5.74) is 6.03. The summed E-state index contributed by atoms with van der Waals surface area (Å²) in [6, 6.07) is 0. The van der Waals surface area contributed by atoms with Gasteiger partial charge in [-0.25, -0.2) is 0 Å². The summed E-state index contributed by atoms with van der Waals surface area (Å²) in [4.78, 5) is 8.32. The molecule has 1 rings (SSSR count). The molecule has 2 N–H and O–H groups in total. The Bertz CT molecular complexity index is 301. The van der Waals surface area contributed by atoms with Crippen LogP contribution in [-0.2, 0) is 0 Å². The third-order valence-corrected chi connectivity index (χ3v) is 1.80. The van der Waals surface area contributed by atoms with E-state index in [-0.39, 0.29) is 5.92 Å². The molecule has 0 aliphatic rings. The number of aromatic nitrogens is 2. The molecule has 5 nitrogen and oxygen atoms in total. The average Bonchev–Trinajstić information content (AvgIpc) is 2.17. The van der Waals surface area contributed by atoms with Gasteiger partial charge in [-0.2, -0.15) is 9.97 Å². The van der Waals surface area contributed by atoms with Crippen LogP contribution in [0.1, 0.15) is 25.6 Å². The third-order valence-electron chi connectivity index (χ3n) is 1.80. The maximum absolute atomic E-state index is 5.70. The Hall–Kier alpha value is -1.52. The van der Waals surface area contributed by atoms with Crippen LogP contribution in [0, 0.1) is 0 Å². The molecular weight excluding hydrogens is 182 g/mol. The third kappa shape index (κ3) is 1.86. The highest BCUT2D eigenvalue weighted by Crippen LogP contribution is 2.29. The number of rotatable bonds is 3. The lowest BCUT2D eigenvalue weighted by molar-refractivity contribution is 0.371. The zero-order chi connectivity index (χ0) is 10.7. The van der Waals surface area contributed by atoms with Gasteiger partial charge < -0.3 is 15.2 Å². The highest BCUT2D eigenvalue weighted by molar-refractivity contribution is 5.56. The molecular formula is C9H15N3O2. The molecule has 0 saturated heterocycles. The molecule has 14 heavy (non-hydrogen) atoms. The van der Waals surface area contributed by atoms with E-state index in [1.807, 2.05) is 13.8 Å². The molecule has 78 valence electrons. The molecule has 0 aromatic carbocycles. The predicted octanol–water partition coefficient (Wildman–Crippen LogP) is 1.20. The molecule has 0 saturated carbocycles. The second-order valence-corrected chi connectivity index (χ2v) is 3.17. The van der Waals surface area contributed by atoms with Crippen LogP contribution in [0.15, 0.2) is 0 Å². The summed E-state index contributed by atoms with van der Waals surface area (Å²) in [6.45, 7) is 3.98. The van der Waals surface area contributed by atoms with E-state index in [1.165, 1.54) is 14.2 Å². The van der Waals surface area contributed by atoms with Crippen LogP contribution in [0.2, 0.25) is 0 Å². The van der Waals surface area contributed by atoms with Crippen molar-refractivity contribution in [2.75, 3.05) is 20.0 Å². The summed E-state index contributed by atoms with van der Waals surface area (Å²) < 4.78 is 10.0. The smallest absolute Gasteiger partial charge is 0.244 e. The lowest BCUT2D eigenvalue weighted by Gasteiger charge is -2.11. The zero-order valence-corrected chi connectivity index (χ0v) is 8.87. The minimum atomic E-state index is 0.207. The second-order valence-electron chi connectivity index (χ2n) is 3.17. The van der Waals surface area contributed by atoms with Gasteiger partial charge in [0.25, 0.3) is 0 Å². The monoisotopic (exact) mass is 197 g/mol. The number of methoxy groups -OCH3 is 2. The second kappa shape index (κ2) is 4.13. The molecule has 0 radical (unpaired) electrons. The van der Waals surface area contributed by atoms with Crippen LogP contribution in [-0.4, -0.2) is 24.2 Å². The van der Waals surface area contributed by atoms with Gasteiger partial charge in [0, 0.05) is 5.92 Å². The number of nitrogens with two attached hydrogens (primary N) is 1. The van der Waals surface area contributed by atoms with Gasteiger partial charge in [-0.15, -0.1) is 0 Å². The molecule has 5 heteroatoms. The van der Waals surface area contributed by atoms with Gasteiger partial charge in [-0.05, 0) is 0 Å². The van der Waals surface area contributed by atoms with Crippen LogP contribution in [0.3, 0.4) is 0 Å². The number of hydrogen-bond acceptors (Lipinski definition) is 5. The van der Waals surface area contributed by atoms with Gasteiger partial charge in [0.2, 0.25) is 11.8 Å². The number of nitrogens with zero attached hydrogens (tertiary/aromatic N) is 2.